The van der Waals surface area contributed by atoms with Crippen molar-refractivity contribution in [2.75, 3.05) is 0 Å². The Morgan fingerprint density at radius 3 is 1.70 bits per heavy atom. The first-order valence-electron chi connectivity index (χ1n) is 7.30. The van der Waals surface area contributed by atoms with Crippen LogP contribution in [0.3, 0.4) is 0 Å². The molecule has 0 nitrogen and oxygen atoms in total. The lowest BCUT2D eigenvalue weighted by atomic mass is 10.1. The van der Waals surface area contributed by atoms with Gasteiger partial charge in [0.25, 0.3) is 0 Å². The van der Waals surface area contributed by atoms with Gasteiger partial charge in [0.1, 0.15) is 8.07 Å². The molecule has 0 radical (unpaired) electrons. The smallest absolute Gasteiger partial charge is 0.0999 e. The Labute approximate surface area is 124 Å². The van der Waals surface area contributed by atoms with E-state index in [0.29, 0.717) is 5.92 Å². The standard InChI is InChI=1S/C19H24Si/c1-16(2)17(3)15-20(4,18-11-7-5-8-12-18)19-13-9-6-10-14-19/h5-14,17H,1,15H2,2-4H3. The summed E-state index contributed by atoms with van der Waals surface area (Å²) in [7, 11) is -1.69. The topological polar surface area (TPSA) is 0 Å². The van der Waals surface area contributed by atoms with Gasteiger partial charge in [-0.3, -0.25) is 0 Å². The Morgan fingerprint density at radius 1 is 0.950 bits per heavy atom. The van der Waals surface area contributed by atoms with Crippen molar-refractivity contribution >= 4 is 18.4 Å². The monoisotopic (exact) mass is 280 g/mol. The second kappa shape index (κ2) is 6.23. The van der Waals surface area contributed by atoms with Gasteiger partial charge in [0, 0.05) is 0 Å². The highest BCUT2D eigenvalue weighted by Gasteiger charge is 2.33. The molecule has 20 heavy (non-hydrogen) atoms. The molecule has 0 bridgehead atoms. The van der Waals surface area contributed by atoms with Gasteiger partial charge in [-0.1, -0.05) is 96.7 Å². The van der Waals surface area contributed by atoms with E-state index in [0.717, 1.165) is 0 Å². The SMILES string of the molecule is C=C(C)C(C)C[Si](C)(c1ccccc1)c1ccccc1. The second-order valence-electron chi connectivity index (χ2n) is 6.02. The molecular weight excluding hydrogens is 256 g/mol. The van der Waals surface area contributed by atoms with Crippen LogP contribution in [0, 0.1) is 5.92 Å². The third-order valence-corrected chi connectivity index (χ3v) is 9.02. The third-order valence-electron chi connectivity index (χ3n) is 4.38. The predicted molar refractivity (Wildman–Crippen MR) is 92.6 cm³/mol. The minimum atomic E-state index is -1.69. The van der Waals surface area contributed by atoms with Crippen molar-refractivity contribution in [3.05, 3.63) is 72.8 Å². The Bertz CT molecular complexity index is 517. The van der Waals surface area contributed by atoms with Crippen molar-refractivity contribution in [2.24, 2.45) is 5.92 Å². The summed E-state index contributed by atoms with van der Waals surface area (Å²) in [4.78, 5) is 0. The molecule has 1 atom stereocenters. The fourth-order valence-corrected chi connectivity index (χ4v) is 7.04. The number of benzene rings is 2. The molecule has 0 heterocycles. The lowest BCUT2D eigenvalue weighted by molar-refractivity contribution is 0.760. The van der Waals surface area contributed by atoms with Gasteiger partial charge in [-0.15, -0.1) is 0 Å². The van der Waals surface area contributed by atoms with Crippen molar-refractivity contribution in [1.82, 2.24) is 0 Å². The number of hydrogen-bond acceptors (Lipinski definition) is 0. The largest absolute Gasteiger partial charge is 0.115 e. The molecule has 0 aliphatic rings. The van der Waals surface area contributed by atoms with E-state index < -0.39 is 8.07 Å². The minimum Gasteiger partial charge on any atom is -0.0999 e. The summed E-state index contributed by atoms with van der Waals surface area (Å²) in [6, 6.07) is 23.3. The van der Waals surface area contributed by atoms with E-state index in [1.165, 1.54) is 22.0 Å². The molecule has 0 aromatic heterocycles. The van der Waals surface area contributed by atoms with Crippen LogP contribution in [0.4, 0.5) is 0 Å². The van der Waals surface area contributed by atoms with Crippen molar-refractivity contribution in [2.45, 2.75) is 26.4 Å². The molecular formula is C19H24Si. The van der Waals surface area contributed by atoms with Gasteiger partial charge in [-0.05, 0) is 18.9 Å². The van der Waals surface area contributed by atoms with E-state index in [1.807, 2.05) is 0 Å². The van der Waals surface area contributed by atoms with E-state index in [1.54, 1.807) is 0 Å². The molecule has 0 N–H and O–H groups in total. The zero-order valence-electron chi connectivity index (χ0n) is 12.8. The first kappa shape index (κ1) is 14.8. The fourth-order valence-electron chi connectivity index (χ4n) is 2.80. The normalized spacial score (nSPS) is 12.9. The molecule has 104 valence electrons. The average molecular weight is 280 g/mol. The maximum absolute atomic E-state index is 4.15. The molecule has 0 amide bonds. The average Bonchev–Trinajstić information content (AvgIpc) is 2.48. The summed E-state index contributed by atoms with van der Waals surface area (Å²) in [6.07, 6.45) is 0. The van der Waals surface area contributed by atoms with E-state index in [-0.39, 0.29) is 0 Å². The summed E-state index contributed by atoms with van der Waals surface area (Å²) in [5.74, 6) is 0.562. The van der Waals surface area contributed by atoms with Crippen LogP contribution in [0.5, 0.6) is 0 Å². The number of rotatable bonds is 5. The van der Waals surface area contributed by atoms with Crippen LogP contribution in [0.2, 0.25) is 12.6 Å². The third kappa shape index (κ3) is 3.10. The summed E-state index contributed by atoms with van der Waals surface area (Å²) in [5, 5.41) is 3.03. The molecule has 0 saturated carbocycles. The van der Waals surface area contributed by atoms with Crippen LogP contribution in [0.15, 0.2) is 72.8 Å². The molecule has 2 rings (SSSR count). The van der Waals surface area contributed by atoms with Crippen LogP contribution in [0.25, 0.3) is 0 Å². The molecule has 1 heteroatoms. The van der Waals surface area contributed by atoms with E-state index in [2.05, 4.69) is 87.6 Å². The van der Waals surface area contributed by atoms with Gasteiger partial charge < -0.3 is 0 Å². The van der Waals surface area contributed by atoms with Gasteiger partial charge in [0.05, 0.1) is 0 Å². The first-order chi connectivity index (χ1) is 9.54. The Balaban J connectivity index is 2.46. The lowest BCUT2D eigenvalue weighted by Crippen LogP contribution is -2.56. The van der Waals surface area contributed by atoms with Crippen LogP contribution in [0.1, 0.15) is 13.8 Å². The predicted octanol–water partition coefficient (Wildman–Crippen LogP) is 4.09. The number of hydrogen-bond donors (Lipinski definition) is 0. The highest BCUT2D eigenvalue weighted by atomic mass is 28.3. The fraction of sp³-hybridized carbons (Fsp3) is 0.263. The van der Waals surface area contributed by atoms with Crippen molar-refractivity contribution in [1.29, 1.82) is 0 Å². The van der Waals surface area contributed by atoms with Crippen molar-refractivity contribution in [3.8, 4) is 0 Å². The van der Waals surface area contributed by atoms with Crippen LogP contribution >= 0.6 is 0 Å². The lowest BCUT2D eigenvalue weighted by Gasteiger charge is -2.31. The Kier molecular flexibility index (Phi) is 4.61. The first-order valence-corrected chi connectivity index (χ1v) is 10.0. The molecule has 0 fully saturated rings. The Morgan fingerprint density at radius 2 is 1.35 bits per heavy atom. The van der Waals surface area contributed by atoms with E-state index in [9.17, 15) is 0 Å². The van der Waals surface area contributed by atoms with Crippen LogP contribution < -0.4 is 10.4 Å². The maximum Gasteiger partial charge on any atom is 0.115 e. The second-order valence-corrected chi connectivity index (χ2v) is 10.2. The zero-order valence-corrected chi connectivity index (χ0v) is 13.8. The maximum atomic E-state index is 4.15. The molecule has 1 unspecified atom stereocenters. The van der Waals surface area contributed by atoms with Gasteiger partial charge >= 0.3 is 0 Å². The molecule has 0 aliphatic heterocycles. The van der Waals surface area contributed by atoms with Gasteiger partial charge in [0.15, 0.2) is 0 Å². The van der Waals surface area contributed by atoms with Crippen LogP contribution in [-0.2, 0) is 0 Å². The molecule has 2 aromatic carbocycles. The quantitative estimate of drug-likeness (QED) is 0.571. The van der Waals surface area contributed by atoms with Crippen LogP contribution in [-0.4, -0.2) is 8.07 Å². The molecule has 2 aromatic rings. The summed E-state index contributed by atoms with van der Waals surface area (Å²) >= 11 is 0. The van der Waals surface area contributed by atoms with E-state index in [4.69, 9.17) is 0 Å². The molecule has 0 aliphatic carbocycles. The highest BCUT2D eigenvalue weighted by Crippen LogP contribution is 2.22. The molecule has 0 spiro atoms. The number of allylic oxidation sites excluding steroid dienone is 1. The van der Waals surface area contributed by atoms with Crippen molar-refractivity contribution < 1.29 is 0 Å². The minimum absolute atomic E-state index is 0.562. The van der Waals surface area contributed by atoms with Crippen molar-refractivity contribution in [3.63, 3.8) is 0 Å². The highest BCUT2D eigenvalue weighted by molar-refractivity contribution is 7.01. The zero-order chi connectivity index (χ0) is 14.6. The van der Waals surface area contributed by atoms with E-state index >= 15 is 0 Å². The summed E-state index contributed by atoms with van der Waals surface area (Å²) in [5.41, 5.74) is 1.29. The van der Waals surface area contributed by atoms with Gasteiger partial charge in [0.2, 0.25) is 0 Å². The summed E-state index contributed by atoms with van der Waals surface area (Å²) < 4.78 is 0. The van der Waals surface area contributed by atoms with Gasteiger partial charge in [-0.2, -0.15) is 0 Å². The van der Waals surface area contributed by atoms with Gasteiger partial charge in [-0.25, -0.2) is 0 Å². The Hall–Kier alpha value is -1.60. The summed E-state index contributed by atoms with van der Waals surface area (Å²) in [6.45, 7) is 11.1. The molecule has 0 saturated heterocycles.